The fraction of sp³-hybridized carbons (Fsp3) is 0.600. The second kappa shape index (κ2) is 9.04. The van der Waals surface area contributed by atoms with E-state index in [4.69, 9.17) is 9.47 Å². The Morgan fingerprint density at radius 3 is 2.26 bits per heavy atom. The molecule has 0 amide bonds. The van der Waals surface area contributed by atoms with Gasteiger partial charge in [-0.05, 0) is 18.4 Å². The number of rotatable bonds is 10. The second-order valence-corrected chi connectivity index (χ2v) is 4.67. The van der Waals surface area contributed by atoms with Gasteiger partial charge in [0.05, 0.1) is 13.2 Å². The normalized spacial score (nSPS) is 11.7. The quantitative estimate of drug-likeness (QED) is 0.629. The first kappa shape index (κ1) is 16.1. The molecular weight excluding hydrogens is 244 g/mol. The molecule has 4 nitrogen and oxygen atoms in total. The highest BCUT2D eigenvalue weighted by atomic mass is 16.5. The Morgan fingerprint density at radius 1 is 1.00 bits per heavy atom. The molecule has 0 radical (unpaired) electrons. The van der Waals surface area contributed by atoms with Crippen molar-refractivity contribution in [3.8, 4) is 0 Å². The summed E-state index contributed by atoms with van der Waals surface area (Å²) in [4.78, 5) is 0. The van der Waals surface area contributed by atoms with E-state index in [1.807, 2.05) is 30.3 Å². The lowest BCUT2D eigenvalue weighted by atomic mass is 9.79. The molecule has 108 valence electrons. The van der Waals surface area contributed by atoms with Crippen LogP contribution in [0.1, 0.15) is 18.4 Å². The Morgan fingerprint density at radius 2 is 1.68 bits per heavy atom. The fourth-order valence-electron chi connectivity index (χ4n) is 2.00. The molecule has 0 bridgehead atoms. The van der Waals surface area contributed by atoms with E-state index in [1.165, 1.54) is 0 Å². The van der Waals surface area contributed by atoms with Gasteiger partial charge < -0.3 is 19.7 Å². The van der Waals surface area contributed by atoms with Crippen molar-refractivity contribution < 1.29 is 19.7 Å². The van der Waals surface area contributed by atoms with Gasteiger partial charge in [-0.3, -0.25) is 0 Å². The van der Waals surface area contributed by atoms with E-state index < -0.39 is 5.41 Å². The Bertz CT molecular complexity index is 322. The SMILES string of the molecule is COCCCOCCC(CO)(CO)c1ccccc1. The van der Waals surface area contributed by atoms with Gasteiger partial charge in [0, 0.05) is 32.3 Å². The van der Waals surface area contributed by atoms with Crippen molar-refractivity contribution in [2.75, 3.05) is 40.1 Å². The highest BCUT2D eigenvalue weighted by Gasteiger charge is 2.30. The number of aliphatic hydroxyl groups is 2. The topological polar surface area (TPSA) is 58.9 Å². The third-order valence-corrected chi connectivity index (χ3v) is 3.35. The van der Waals surface area contributed by atoms with Crippen LogP contribution < -0.4 is 0 Å². The summed E-state index contributed by atoms with van der Waals surface area (Å²) in [5.41, 5.74) is 0.322. The van der Waals surface area contributed by atoms with Gasteiger partial charge in [-0.15, -0.1) is 0 Å². The predicted octanol–water partition coefficient (Wildman–Crippen LogP) is 1.35. The predicted molar refractivity (Wildman–Crippen MR) is 74.2 cm³/mol. The number of hydrogen-bond acceptors (Lipinski definition) is 4. The van der Waals surface area contributed by atoms with Crippen molar-refractivity contribution in [1.29, 1.82) is 0 Å². The van der Waals surface area contributed by atoms with Crippen LogP contribution >= 0.6 is 0 Å². The molecule has 0 aliphatic carbocycles. The molecule has 0 saturated carbocycles. The van der Waals surface area contributed by atoms with Crippen molar-refractivity contribution in [1.82, 2.24) is 0 Å². The van der Waals surface area contributed by atoms with E-state index in [-0.39, 0.29) is 13.2 Å². The summed E-state index contributed by atoms with van der Waals surface area (Å²) in [6.07, 6.45) is 1.45. The van der Waals surface area contributed by atoms with Gasteiger partial charge in [-0.1, -0.05) is 30.3 Å². The first-order chi connectivity index (χ1) is 9.29. The average molecular weight is 268 g/mol. The summed E-state index contributed by atoms with van der Waals surface area (Å²) in [5, 5.41) is 19.3. The van der Waals surface area contributed by atoms with E-state index in [0.29, 0.717) is 26.2 Å². The summed E-state index contributed by atoms with van der Waals surface area (Å²) in [5.74, 6) is 0. The van der Waals surface area contributed by atoms with Crippen molar-refractivity contribution in [3.63, 3.8) is 0 Å². The molecule has 2 N–H and O–H groups in total. The van der Waals surface area contributed by atoms with Crippen LogP contribution in [0.2, 0.25) is 0 Å². The van der Waals surface area contributed by atoms with Crippen LogP contribution in [0.15, 0.2) is 30.3 Å². The Kier molecular flexibility index (Phi) is 7.67. The van der Waals surface area contributed by atoms with Crippen LogP contribution in [0.5, 0.6) is 0 Å². The number of methoxy groups -OCH3 is 1. The largest absolute Gasteiger partial charge is 0.395 e. The van der Waals surface area contributed by atoms with Gasteiger partial charge in [0.15, 0.2) is 0 Å². The van der Waals surface area contributed by atoms with Crippen LogP contribution in [0.4, 0.5) is 0 Å². The maximum atomic E-state index is 9.64. The maximum absolute atomic E-state index is 9.64. The molecule has 0 aromatic heterocycles. The minimum absolute atomic E-state index is 0.0883. The van der Waals surface area contributed by atoms with Gasteiger partial charge in [0.1, 0.15) is 0 Å². The number of aliphatic hydroxyl groups excluding tert-OH is 2. The molecule has 0 fully saturated rings. The lowest BCUT2D eigenvalue weighted by Gasteiger charge is -2.30. The minimum atomic E-state index is -0.623. The molecule has 4 heteroatoms. The Hall–Kier alpha value is -0.940. The number of ether oxygens (including phenoxy) is 2. The van der Waals surface area contributed by atoms with Crippen molar-refractivity contribution in [2.24, 2.45) is 0 Å². The molecule has 1 aromatic rings. The van der Waals surface area contributed by atoms with Gasteiger partial charge in [0.25, 0.3) is 0 Å². The zero-order valence-electron chi connectivity index (χ0n) is 11.5. The highest BCUT2D eigenvalue weighted by Crippen LogP contribution is 2.27. The standard InChI is InChI=1S/C15H24O4/c1-18-9-5-10-19-11-8-15(12-16,13-17)14-6-3-2-4-7-14/h2-4,6-7,16-17H,5,8-13H2,1H3. The highest BCUT2D eigenvalue weighted by molar-refractivity contribution is 5.25. The number of hydrogen-bond donors (Lipinski definition) is 2. The summed E-state index contributed by atoms with van der Waals surface area (Å²) < 4.78 is 10.5. The van der Waals surface area contributed by atoms with Crippen molar-refractivity contribution in [2.45, 2.75) is 18.3 Å². The minimum Gasteiger partial charge on any atom is -0.395 e. The number of benzene rings is 1. The molecule has 0 spiro atoms. The summed E-state index contributed by atoms with van der Waals surface area (Å²) in [6.45, 7) is 1.66. The summed E-state index contributed by atoms with van der Waals surface area (Å²) in [6, 6.07) is 9.60. The maximum Gasteiger partial charge on any atom is 0.0550 e. The molecular formula is C15H24O4. The molecule has 0 aliphatic rings. The Balaban J connectivity index is 2.48. The third-order valence-electron chi connectivity index (χ3n) is 3.35. The zero-order valence-corrected chi connectivity index (χ0v) is 11.5. The van der Waals surface area contributed by atoms with Gasteiger partial charge >= 0.3 is 0 Å². The van der Waals surface area contributed by atoms with E-state index in [0.717, 1.165) is 12.0 Å². The molecule has 0 aliphatic heterocycles. The van der Waals surface area contributed by atoms with Crippen LogP contribution in [-0.2, 0) is 14.9 Å². The van der Waals surface area contributed by atoms with Crippen LogP contribution in [-0.4, -0.2) is 50.4 Å². The molecule has 1 rings (SSSR count). The summed E-state index contributed by atoms with van der Waals surface area (Å²) >= 11 is 0. The first-order valence-electron chi connectivity index (χ1n) is 6.63. The van der Waals surface area contributed by atoms with Crippen LogP contribution in [0.25, 0.3) is 0 Å². The van der Waals surface area contributed by atoms with E-state index in [1.54, 1.807) is 7.11 Å². The molecule has 19 heavy (non-hydrogen) atoms. The van der Waals surface area contributed by atoms with Gasteiger partial charge in [0.2, 0.25) is 0 Å². The third kappa shape index (κ3) is 4.91. The molecule has 1 aromatic carbocycles. The van der Waals surface area contributed by atoms with E-state index >= 15 is 0 Å². The zero-order chi connectivity index (χ0) is 14.0. The summed E-state index contributed by atoms with van der Waals surface area (Å²) in [7, 11) is 1.66. The molecule has 0 atom stereocenters. The van der Waals surface area contributed by atoms with E-state index in [2.05, 4.69) is 0 Å². The van der Waals surface area contributed by atoms with Crippen LogP contribution in [0, 0.1) is 0 Å². The molecule has 0 saturated heterocycles. The van der Waals surface area contributed by atoms with Crippen molar-refractivity contribution >= 4 is 0 Å². The lowest BCUT2D eigenvalue weighted by Crippen LogP contribution is -2.36. The van der Waals surface area contributed by atoms with Gasteiger partial charge in [-0.2, -0.15) is 0 Å². The van der Waals surface area contributed by atoms with Gasteiger partial charge in [-0.25, -0.2) is 0 Å². The molecule has 0 unspecified atom stereocenters. The van der Waals surface area contributed by atoms with Crippen molar-refractivity contribution in [3.05, 3.63) is 35.9 Å². The molecule has 0 heterocycles. The fourth-order valence-corrected chi connectivity index (χ4v) is 2.00. The first-order valence-corrected chi connectivity index (χ1v) is 6.63. The Labute approximate surface area is 115 Å². The van der Waals surface area contributed by atoms with E-state index in [9.17, 15) is 10.2 Å². The monoisotopic (exact) mass is 268 g/mol. The van der Waals surface area contributed by atoms with Crippen LogP contribution in [0.3, 0.4) is 0 Å². The second-order valence-electron chi connectivity index (χ2n) is 4.67. The average Bonchev–Trinajstić information content (AvgIpc) is 2.48. The smallest absolute Gasteiger partial charge is 0.0550 e. The lowest BCUT2D eigenvalue weighted by molar-refractivity contribution is 0.0547.